The van der Waals surface area contributed by atoms with Crippen LogP contribution in [0.1, 0.15) is 25.0 Å². The molecule has 0 heterocycles. The van der Waals surface area contributed by atoms with Gasteiger partial charge in [0.25, 0.3) is 0 Å². The van der Waals surface area contributed by atoms with Crippen molar-refractivity contribution in [1.29, 1.82) is 10.5 Å². The van der Waals surface area contributed by atoms with Gasteiger partial charge in [-0.15, -0.1) is 0 Å². The van der Waals surface area contributed by atoms with Crippen molar-refractivity contribution >= 4 is 5.69 Å². The van der Waals surface area contributed by atoms with Crippen LogP contribution >= 0.6 is 0 Å². The lowest BCUT2D eigenvalue weighted by Crippen LogP contribution is -2.28. The highest BCUT2D eigenvalue weighted by atomic mass is 19.4. The summed E-state index contributed by atoms with van der Waals surface area (Å²) in [6.45, 7) is 4.53. The van der Waals surface area contributed by atoms with Gasteiger partial charge in [-0.25, -0.2) is 0 Å². The van der Waals surface area contributed by atoms with Crippen molar-refractivity contribution in [3.8, 4) is 12.1 Å². The number of rotatable bonds is 4. The van der Waals surface area contributed by atoms with Crippen LogP contribution in [-0.2, 0) is 6.18 Å². The van der Waals surface area contributed by atoms with Crippen LogP contribution in [0.25, 0.3) is 0 Å². The van der Waals surface area contributed by atoms with Gasteiger partial charge < -0.3 is 4.90 Å². The number of anilines is 1. The molecule has 0 amide bonds. The van der Waals surface area contributed by atoms with E-state index in [-0.39, 0.29) is 5.92 Å². The van der Waals surface area contributed by atoms with E-state index < -0.39 is 17.3 Å². The highest BCUT2D eigenvalue weighted by Crippen LogP contribution is 2.33. The number of nitriles is 2. The molecule has 0 radical (unpaired) electrons. The SMILES string of the molecule is CCN(CC(C)C#N)c1ccc(C(F)(F)F)c(C#N)c1. The highest BCUT2D eigenvalue weighted by Gasteiger charge is 2.33. The normalized spacial score (nSPS) is 12.3. The number of alkyl halides is 3. The Morgan fingerprint density at radius 2 is 1.95 bits per heavy atom. The van der Waals surface area contributed by atoms with Crippen LogP contribution in [0.5, 0.6) is 0 Å². The average molecular weight is 281 g/mol. The summed E-state index contributed by atoms with van der Waals surface area (Å²) in [7, 11) is 0. The van der Waals surface area contributed by atoms with E-state index in [0.29, 0.717) is 18.8 Å². The highest BCUT2D eigenvalue weighted by molar-refractivity contribution is 5.55. The molecule has 0 aliphatic carbocycles. The molecular formula is C14H14F3N3. The summed E-state index contributed by atoms with van der Waals surface area (Å²) in [6.07, 6.45) is -4.54. The first-order valence-electron chi connectivity index (χ1n) is 6.09. The summed E-state index contributed by atoms with van der Waals surface area (Å²) < 4.78 is 38.1. The van der Waals surface area contributed by atoms with Gasteiger partial charge in [-0.1, -0.05) is 0 Å². The molecule has 0 aliphatic rings. The Kier molecular flexibility index (Phi) is 4.99. The lowest BCUT2D eigenvalue weighted by molar-refractivity contribution is -0.137. The summed E-state index contributed by atoms with van der Waals surface area (Å²) in [5.41, 5.74) is -0.828. The summed E-state index contributed by atoms with van der Waals surface area (Å²) in [5.74, 6) is -0.247. The second-order valence-corrected chi connectivity index (χ2v) is 4.41. The molecule has 0 aromatic heterocycles. The predicted molar refractivity (Wildman–Crippen MR) is 68.8 cm³/mol. The molecule has 0 spiro atoms. The zero-order chi connectivity index (χ0) is 15.3. The largest absolute Gasteiger partial charge is 0.417 e. The van der Waals surface area contributed by atoms with E-state index in [1.54, 1.807) is 17.9 Å². The van der Waals surface area contributed by atoms with Gasteiger partial charge in [0.15, 0.2) is 0 Å². The Labute approximate surface area is 115 Å². The number of nitrogens with zero attached hydrogens (tertiary/aromatic N) is 3. The third-order valence-electron chi connectivity index (χ3n) is 2.89. The monoisotopic (exact) mass is 281 g/mol. The first-order chi connectivity index (χ1) is 9.33. The van der Waals surface area contributed by atoms with E-state index in [9.17, 15) is 13.2 Å². The summed E-state index contributed by atoms with van der Waals surface area (Å²) in [6, 6.07) is 7.11. The van der Waals surface area contributed by atoms with E-state index in [4.69, 9.17) is 10.5 Å². The van der Waals surface area contributed by atoms with Crippen LogP contribution in [-0.4, -0.2) is 13.1 Å². The van der Waals surface area contributed by atoms with Gasteiger partial charge in [0.05, 0.1) is 29.2 Å². The first-order valence-corrected chi connectivity index (χ1v) is 6.09. The molecule has 0 N–H and O–H groups in total. The minimum absolute atomic E-state index is 0.247. The van der Waals surface area contributed by atoms with E-state index in [1.807, 2.05) is 6.92 Å². The summed E-state index contributed by atoms with van der Waals surface area (Å²) >= 11 is 0. The molecule has 0 aliphatic heterocycles. The van der Waals surface area contributed by atoms with E-state index in [1.165, 1.54) is 12.1 Å². The smallest absolute Gasteiger partial charge is 0.370 e. The topological polar surface area (TPSA) is 50.8 Å². The second-order valence-electron chi connectivity index (χ2n) is 4.41. The molecule has 1 rings (SSSR count). The minimum atomic E-state index is -4.54. The fraction of sp³-hybridized carbons (Fsp3) is 0.429. The van der Waals surface area contributed by atoms with Crippen LogP contribution < -0.4 is 4.90 Å². The molecule has 6 heteroatoms. The number of hydrogen-bond donors (Lipinski definition) is 0. The lowest BCUT2D eigenvalue weighted by Gasteiger charge is -2.25. The number of benzene rings is 1. The van der Waals surface area contributed by atoms with Crippen molar-refractivity contribution < 1.29 is 13.2 Å². The molecule has 3 nitrogen and oxygen atoms in total. The van der Waals surface area contributed by atoms with Gasteiger partial charge >= 0.3 is 6.18 Å². The standard InChI is InChI=1S/C14H14F3N3/c1-3-20(9-10(2)7-18)12-4-5-13(14(15,16)17)11(6-12)8-19/h4-6,10H,3,9H2,1-2H3. The van der Waals surface area contributed by atoms with Gasteiger partial charge in [0, 0.05) is 18.8 Å². The molecule has 1 unspecified atom stereocenters. The fourth-order valence-electron chi connectivity index (χ4n) is 1.86. The minimum Gasteiger partial charge on any atom is -0.370 e. The molecule has 1 aromatic rings. The van der Waals surface area contributed by atoms with Gasteiger partial charge in [0.1, 0.15) is 0 Å². The van der Waals surface area contributed by atoms with Crippen molar-refractivity contribution in [3.05, 3.63) is 29.3 Å². The Morgan fingerprint density at radius 1 is 1.30 bits per heavy atom. The van der Waals surface area contributed by atoms with E-state index >= 15 is 0 Å². The van der Waals surface area contributed by atoms with Crippen LogP contribution in [0.2, 0.25) is 0 Å². The Hall–Kier alpha value is -2.21. The van der Waals surface area contributed by atoms with E-state index in [0.717, 1.165) is 6.07 Å². The third-order valence-corrected chi connectivity index (χ3v) is 2.89. The van der Waals surface area contributed by atoms with Crippen molar-refractivity contribution in [3.63, 3.8) is 0 Å². The maximum Gasteiger partial charge on any atom is 0.417 e. The average Bonchev–Trinajstić information content (AvgIpc) is 2.42. The molecule has 0 saturated heterocycles. The zero-order valence-electron chi connectivity index (χ0n) is 11.2. The molecule has 106 valence electrons. The summed E-state index contributed by atoms with van der Waals surface area (Å²) in [5, 5.41) is 17.7. The van der Waals surface area contributed by atoms with Crippen molar-refractivity contribution in [2.75, 3.05) is 18.0 Å². The molecule has 0 saturated carbocycles. The van der Waals surface area contributed by atoms with Crippen molar-refractivity contribution in [2.45, 2.75) is 20.0 Å². The third kappa shape index (κ3) is 3.64. The Morgan fingerprint density at radius 3 is 2.40 bits per heavy atom. The Bertz CT molecular complexity index is 552. The fourth-order valence-corrected chi connectivity index (χ4v) is 1.86. The van der Waals surface area contributed by atoms with Crippen LogP contribution in [0.15, 0.2) is 18.2 Å². The van der Waals surface area contributed by atoms with Gasteiger partial charge in [-0.3, -0.25) is 0 Å². The Balaban J connectivity index is 3.16. The second kappa shape index (κ2) is 6.29. The van der Waals surface area contributed by atoms with Crippen LogP contribution in [0.3, 0.4) is 0 Å². The molecule has 0 fully saturated rings. The van der Waals surface area contributed by atoms with Gasteiger partial charge in [-0.05, 0) is 32.0 Å². The van der Waals surface area contributed by atoms with Crippen LogP contribution in [0.4, 0.5) is 18.9 Å². The number of hydrogen-bond acceptors (Lipinski definition) is 3. The van der Waals surface area contributed by atoms with E-state index in [2.05, 4.69) is 6.07 Å². The maximum atomic E-state index is 12.7. The zero-order valence-corrected chi connectivity index (χ0v) is 11.2. The molecule has 1 atom stereocenters. The lowest BCUT2D eigenvalue weighted by atomic mass is 10.1. The molecule has 1 aromatic carbocycles. The van der Waals surface area contributed by atoms with Crippen LogP contribution in [0, 0.1) is 28.6 Å². The van der Waals surface area contributed by atoms with Crippen molar-refractivity contribution in [1.82, 2.24) is 0 Å². The van der Waals surface area contributed by atoms with Gasteiger partial charge in [-0.2, -0.15) is 23.7 Å². The molecular weight excluding hydrogens is 267 g/mol. The maximum absolute atomic E-state index is 12.7. The van der Waals surface area contributed by atoms with Gasteiger partial charge in [0.2, 0.25) is 0 Å². The first kappa shape index (κ1) is 15.8. The number of halogens is 3. The summed E-state index contributed by atoms with van der Waals surface area (Å²) in [4.78, 5) is 1.77. The molecule has 0 bridgehead atoms. The van der Waals surface area contributed by atoms with Crippen molar-refractivity contribution in [2.24, 2.45) is 5.92 Å². The predicted octanol–water partition coefficient (Wildman–Crippen LogP) is 3.56. The molecule has 20 heavy (non-hydrogen) atoms. The quantitative estimate of drug-likeness (QED) is 0.847.